The van der Waals surface area contributed by atoms with Crippen LogP contribution in [-0.2, 0) is 4.79 Å². The highest BCUT2D eigenvalue weighted by molar-refractivity contribution is 5.76. The SMILES string of the molecule is CN(C(=O)CC1CCCNC1)C1CCC(C)(C)CC1. The Hall–Kier alpha value is -0.570. The molecule has 2 rings (SSSR count). The van der Waals surface area contributed by atoms with Gasteiger partial charge in [0.2, 0.25) is 5.91 Å². The highest BCUT2D eigenvalue weighted by atomic mass is 16.2. The summed E-state index contributed by atoms with van der Waals surface area (Å²) in [5, 5.41) is 3.40. The van der Waals surface area contributed by atoms with E-state index in [0.717, 1.165) is 19.5 Å². The minimum absolute atomic E-state index is 0.360. The molecule has 0 radical (unpaired) electrons. The van der Waals surface area contributed by atoms with Crippen LogP contribution in [0.4, 0.5) is 0 Å². The first kappa shape index (κ1) is 14.8. The molecule has 1 saturated carbocycles. The van der Waals surface area contributed by atoms with Crippen molar-refractivity contribution in [1.29, 1.82) is 0 Å². The molecule has 0 aromatic rings. The minimum Gasteiger partial charge on any atom is -0.343 e. The Kier molecular flexibility index (Phi) is 4.88. The van der Waals surface area contributed by atoms with E-state index in [1.165, 1.54) is 38.5 Å². The largest absolute Gasteiger partial charge is 0.343 e. The zero-order valence-corrected chi connectivity index (χ0v) is 12.9. The molecule has 3 nitrogen and oxygen atoms in total. The molecule has 0 aromatic heterocycles. The zero-order valence-electron chi connectivity index (χ0n) is 12.9. The third kappa shape index (κ3) is 4.20. The summed E-state index contributed by atoms with van der Waals surface area (Å²) in [6, 6.07) is 0.483. The van der Waals surface area contributed by atoms with Crippen LogP contribution in [0.5, 0.6) is 0 Å². The van der Waals surface area contributed by atoms with Gasteiger partial charge in [0.1, 0.15) is 0 Å². The summed E-state index contributed by atoms with van der Waals surface area (Å²) < 4.78 is 0. The molecule has 110 valence electrons. The van der Waals surface area contributed by atoms with E-state index in [2.05, 4.69) is 19.2 Å². The van der Waals surface area contributed by atoms with Crippen molar-refractivity contribution in [3.8, 4) is 0 Å². The van der Waals surface area contributed by atoms with Crippen molar-refractivity contribution < 1.29 is 4.79 Å². The molecule has 1 atom stereocenters. The molecule has 3 heteroatoms. The van der Waals surface area contributed by atoms with Gasteiger partial charge < -0.3 is 10.2 Å². The summed E-state index contributed by atoms with van der Waals surface area (Å²) in [4.78, 5) is 14.4. The van der Waals surface area contributed by atoms with Crippen molar-refractivity contribution in [3.63, 3.8) is 0 Å². The quantitative estimate of drug-likeness (QED) is 0.852. The average Bonchev–Trinajstić information content (AvgIpc) is 2.39. The third-order valence-electron chi connectivity index (χ3n) is 5.11. The predicted molar refractivity (Wildman–Crippen MR) is 79.0 cm³/mol. The van der Waals surface area contributed by atoms with Crippen LogP contribution < -0.4 is 5.32 Å². The highest BCUT2D eigenvalue weighted by Crippen LogP contribution is 2.36. The number of rotatable bonds is 3. The molecular formula is C16H30N2O. The Morgan fingerprint density at radius 1 is 1.26 bits per heavy atom. The van der Waals surface area contributed by atoms with Crippen molar-refractivity contribution in [2.24, 2.45) is 11.3 Å². The molecule has 0 spiro atoms. The summed E-state index contributed by atoms with van der Waals surface area (Å²) in [5.41, 5.74) is 0.480. The average molecular weight is 266 g/mol. The Morgan fingerprint density at radius 3 is 2.53 bits per heavy atom. The van der Waals surface area contributed by atoms with Crippen molar-refractivity contribution in [2.45, 2.75) is 64.8 Å². The van der Waals surface area contributed by atoms with E-state index in [1.807, 2.05) is 11.9 Å². The van der Waals surface area contributed by atoms with E-state index in [1.54, 1.807) is 0 Å². The maximum Gasteiger partial charge on any atom is 0.222 e. The fraction of sp³-hybridized carbons (Fsp3) is 0.938. The van der Waals surface area contributed by atoms with Crippen LogP contribution in [-0.4, -0.2) is 37.0 Å². The number of amides is 1. The summed E-state index contributed by atoms with van der Waals surface area (Å²) in [7, 11) is 2.02. The number of nitrogens with one attached hydrogen (secondary N) is 1. The van der Waals surface area contributed by atoms with Gasteiger partial charge in [-0.3, -0.25) is 4.79 Å². The second kappa shape index (κ2) is 6.25. The van der Waals surface area contributed by atoms with Gasteiger partial charge in [0.15, 0.2) is 0 Å². The van der Waals surface area contributed by atoms with Gasteiger partial charge in [-0.05, 0) is 62.9 Å². The number of carbonyl (C=O) groups is 1. The topological polar surface area (TPSA) is 32.3 Å². The molecule has 1 heterocycles. The monoisotopic (exact) mass is 266 g/mol. The number of hydrogen-bond donors (Lipinski definition) is 1. The van der Waals surface area contributed by atoms with E-state index in [-0.39, 0.29) is 0 Å². The van der Waals surface area contributed by atoms with Crippen molar-refractivity contribution >= 4 is 5.91 Å². The van der Waals surface area contributed by atoms with Gasteiger partial charge in [-0.1, -0.05) is 13.8 Å². The zero-order chi connectivity index (χ0) is 13.9. The van der Waals surface area contributed by atoms with Gasteiger partial charge in [-0.2, -0.15) is 0 Å². The summed E-state index contributed by atoms with van der Waals surface area (Å²) in [5.74, 6) is 0.919. The number of carbonyl (C=O) groups excluding carboxylic acids is 1. The van der Waals surface area contributed by atoms with Crippen LogP contribution in [0, 0.1) is 11.3 Å². The van der Waals surface area contributed by atoms with Crippen molar-refractivity contribution in [2.75, 3.05) is 20.1 Å². The molecular weight excluding hydrogens is 236 g/mol. The van der Waals surface area contributed by atoms with Gasteiger partial charge in [-0.25, -0.2) is 0 Å². The van der Waals surface area contributed by atoms with Crippen LogP contribution in [0.3, 0.4) is 0 Å². The number of piperidine rings is 1. The van der Waals surface area contributed by atoms with E-state index >= 15 is 0 Å². The summed E-state index contributed by atoms with van der Waals surface area (Å²) in [6.07, 6.45) is 8.03. The molecule has 1 aliphatic carbocycles. The molecule has 1 unspecified atom stereocenters. The molecule has 1 saturated heterocycles. The summed E-state index contributed by atoms with van der Waals surface area (Å²) in [6.45, 7) is 6.84. The molecule has 1 amide bonds. The van der Waals surface area contributed by atoms with Gasteiger partial charge in [0.05, 0.1) is 0 Å². The molecule has 0 aromatic carbocycles. The number of hydrogen-bond acceptors (Lipinski definition) is 2. The molecule has 1 aliphatic heterocycles. The third-order valence-corrected chi connectivity index (χ3v) is 5.11. The second-order valence-corrected chi connectivity index (χ2v) is 7.32. The molecule has 19 heavy (non-hydrogen) atoms. The minimum atomic E-state index is 0.360. The van der Waals surface area contributed by atoms with E-state index in [4.69, 9.17) is 0 Å². The lowest BCUT2D eigenvalue weighted by Crippen LogP contribution is -2.42. The molecule has 1 N–H and O–H groups in total. The lowest BCUT2D eigenvalue weighted by Gasteiger charge is -2.39. The Morgan fingerprint density at radius 2 is 1.95 bits per heavy atom. The lowest BCUT2D eigenvalue weighted by atomic mass is 9.75. The van der Waals surface area contributed by atoms with E-state index in [9.17, 15) is 4.79 Å². The molecule has 2 aliphatic rings. The Labute approximate surface area is 118 Å². The maximum atomic E-state index is 12.4. The van der Waals surface area contributed by atoms with Crippen molar-refractivity contribution in [1.82, 2.24) is 10.2 Å². The van der Waals surface area contributed by atoms with E-state index < -0.39 is 0 Å². The molecule has 2 fully saturated rings. The normalized spacial score (nSPS) is 28.1. The lowest BCUT2D eigenvalue weighted by molar-refractivity contribution is -0.134. The predicted octanol–water partition coefficient (Wildman–Crippen LogP) is 2.80. The smallest absolute Gasteiger partial charge is 0.222 e. The second-order valence-electron chi connectivity index (χ2n) is 7.32. The highest BCUT2D eigenvalue weighted by Gasteiger charge is 2.31. The van der Waals surface area contributed by atoms with Crippen LogP contribution in [0.1, 0.15) is 58.8 Å². The summed E-state index contributed by atoms with van der Waals surface area (Å²) >= 11 is 0. The molecule has 0 bridgehead atoms. The first-order valence-corrected chi connectivity index (χ1v) is 7.94. The van der Waals surface area contributed by atoms with Crippen LogP contribution in [0.2, 0.25) is 0 Å². The fourth-order valence-corrected chi connectivity index (χ4v) is 3.46. The van der Waals surface area contributed by atoms with Gasteiger partial charge in [-0.15, -0.1) is 0 Å². The Balaban J connectivity index is 1.78. The van der Waals surface area contributed by atoms with E-state index in [0.29, 0.717) is 23.3 Å². The van der Waals surface area contributed by atoms with Crippen LogP contribution >= 0.6 is 0 Å². The standard InChI is InChI=1S/C16H30N2O/c1-16(2)8-6-14(7-9-16)18(3)15(19)11-13-5-4-10-17-12-13/h13-14,17H,4-12H2,1-3H3. The maximum absolute atomic E-state index is 12.4. The fourth-order valence-electron chi connectivity index (χ4n) is 3.46. The van der Waals surface area contributed by atoms with Crippen LogP contribution in [0.15, 0.2) is 0 Å². The number of nitrogens with zero attached hydrogens (tertiary/aromatic N) is 1. The van der Waals surface area contributed by atoms with Crippen molar-refractivity contribution in [3.05, 3.63) is 0 Å². The first-order valence-electron chi connectivity index (χ1n) is 7.94. The van der Waals surface area contributed by atoms with Crippen LogP contribution in [0.25, 0.3) is 0 Å². The van der Waals surface area contributed by atoms with Gasteiger partial charge in [0, 0.05) is 19.5 Å². The van der Waals surface area contributed by atoms with Gasteiger partial charge in [0.25, 0.3) is 0 Å². The first-order chi connectivity index (χ1) is 8.98. The Bertz CT molecular complexity index is 298. The van der Waals surface area contributed by atoms with Gasteiger partial charge >= 0.3 is 0 Å².